The molecule has 0 bridgehead atoms. The van der Waals surface area contributed by atoms with Crippen molar-refractivity contribution in [2.75, 3.05) is 5.32 Å². The molecular formula is C18H27N3O2. The predicted molar refractivity (Wildman–Crippen MR) is 92.2 cm³/mol. The van der Waals surface area contributed by atoms with Gasteiger partial charge in [0.2, 0.25) is 11.8 Å². The molecule has 0 heterocycles. The molecule has 0 spiro atoms. The number of nitrogens with one attached hydrogen (secondary N) is 2. The molecule has 0 saturated heterocycles. The van der Waals surface area contributed by atoms with Gasteiger partial charge in [0.05, 0.1) is 6.04 Å². The van der Waals surface area contributed by atoms with E-state index in [1.165, 1.54) is 12.8 Å². The van der Waals surface area contributed by atoms with Gasteiger partial charge in [-0.1, -0.05) is 26.7 Å². The highest BCUT2D eigenvalue weighted by atomic mass is 16.2. The van der Waals surface area contributed by atoms with E-state index in [4.69, 9.17) is 5.73 Å². The lowest BCUT2D eigenvalue weighted by molar-refractivity contribution is -0.118. The highest BCUT2D eigenvalue weighted by molar-refractivity contribution is 5.96. The van der Waals surface area contributed by atoms with E-state index in [2.05, 4.69) is 24.5 Å². The number of hydrogen-bond donors (Lipinski definition) is 3. The van der Waals surface area contributed by atoms with Gasteiger partial charge < -0.3 is 16.4 Å². The number of nitrogens with two attached hydrogens (primary N) is 1. The van der Waals surface area contributed by atoms with Crippen molar-refractivity contribution in [3.63, 3.8) is 0 Å². The van der Waals surface area contributed by atoms with Gasteiger partial charge in [0.15, 0.2) is 0 Å². The SMILES string of the molecule is CC(NC1CCCC(C)C1C)C(=O)Nc1ccc(C(N)=O)cc1. The molecule has 1 aliphatic rings. The van der Waals surface area contributed by atoms with Gasteiger partial charge >= 0.3 is 0 Å². The maximum atomic E-state index is 12.3. The van der Waals surface area contributed by atoms with Crippen molar-refractivity contribution in [1.82, 2.24) is 5.32 Å². The molecule has 0 aliphatic heterocycles. The third-order valence-corrected chi connectivity index (χ3v) is 5.00. The normalized spacial score (nSPS) is 25.6. The van der Waals surface area contributed by atoms with Crippen LogP contribution in [0.1, 0.15) is 50.4 Å². The number of hydrogen-bond acceptors (Lipinski definition) is 3. The first-order chi connectivity index (χ1) is 10.9. The second kappa shape index (κ2) is 7.59. The Kier molecular flexibility index (Phi) is 5.77. The van der Waals surface area contributed by atoms with Gasteiger partial charge in [-0.05, 0) is 49.4 Å². The molecule has 1 saturated carbocycles. The Morgan fingerprint density at radius 3 is 2.43 bits per heavy atom. The average Bonchev–Trinajstić information content (AvgIpc) is 2.52. The zero-order valence-corrected chi connectivity index (χ0v) is 14.1. The van der Waals surface area contributed by atoms with E-state index in [0.717, 1.165) is 6.42 Å². The number of primary amides is 1. The van der Waals surface area contributed by atoms with Crippen molar-refractivity contribution in [3.8, 4) is 0 Å². The molecule has 1 aromatic rings. The molecule has 1 aromatic carbocycles. The highest BCUT2D eigenvalue weighted by Crippen LogP contribution is 2.29. The Labute approximate surface area is 138 Å². The monoisotopic (exact) mass is 317 g/mol. The minimum Gasteiger partial charge on any atom is -0.366 e. The topological polar surface area (TPSA) is 84.2 Å². The molecule has 0 aromatic heterocycles. The van der Waals surface area contributed by atoms with Crippen LogP contribution in [0.15, 0.2) is 24.3 Å². The van der Waals surface area contributed by atoms with Gasteiger partial charge in [-0.15, -0.1) is 0 Å². The smallest absolute Gasteiger partial charge is 0.248 e. The summed E-state index contributed by atoms with van der Waals surface area (Å²) in [6.45, 7) is 6.43. The number of carbonyl (C=O) groups excluding carboxylic acids is 2. The van der Waals surface area contributed by atoms with Crippen LogP contribution in [0.5, 0.6) is 0 Å². The molecule has 1 aliphatic carbocycles. The Morgan fingerprint density at radius 2 is 1.83 bits per heavy atom. The van der Waals surface area contributed by atoms with Crippen LogP contribution >= 0.6 is 0 Å². The first-order valence-electron chi connectivity index (χ1n) is 8.35. The molecule has 23 heavy (non-hydrogen) atoms. The Bertz CT molecular complexity index is 556. The van der Waals surface area contributed by atoms with Crippen LogP contribution < -0.4 is 16.4 Å². The molecule has 126 valence electrons. The first kappa shape index (κ1) is 17.5. The molecule has 2 amide bonds. The summed E-state index contributed by atoms with van der Waals surface area (Å²) in [5, 5.41) is 6.33. The lowest BCUT2D eigenvalue weighted by atomic mass is 9.78. The quantitative estimate of drug-likeness (QED) is 0.780. The van der Waals surface area contributed by atoms with Crippen LogP contribution in [0.3, 0.4) is 0 Å². The van der Waals surface area contributed by atoms with Crippen LogP contribution in [-0.2, 0) is 4.79 Å². The summed E-state index contributed by atoms with van der Waals surface area (Å²) in [5.41, 5.74) is 6.30. The summed E-state index contributed by atoms with van der Waals surface area (Å²) in [6, 6.07) is 6.73. The predicted octanol–water partition coefficient (Wildman–Crippen LogP) is 2.53. The summed E-state index contributed by atoms with van der Waals surface area (Å²) in [6.07, 6.45) is 3.61. The molecular weight excluding hydrogens is 290 g/mol. The summed E-state index contributed by atoms with van der Waals surface area (Å²) in [5.74, 6) is 0.729. The summed E-state index contributed by atoms with van der Waals surface area (Å²) in [7, 11) is 0. The second-order valence-corrected chi connectivity index (χ2v) is 6.69. The molecule has 4 unspecified atom stereocenters. The van der Waals surface area contributed by atoms with E-state index < -0.39 is 5.91 Å². The van der Waals surface area contributed by atoms with Crippen molar-refractivity contribution in [2.24, 2.45) is 17.6 Å². The maximum Gasteiger partial charge on any atom is 0.248 e. The minimum absolute atomic E-state index is 0.0674. The van der Waals surface area contributed by atoms with Gasteiger partial charge in [-0.2, -0.15) is 0 Å². The van der Waals surface area contributed by atoms with Gasteiger partial charge in [-0.25, -0.2) is 0 Å². The number of benzene rings is 1. The van der Waals surface area contributed by atoms with Crippen LogP contribution in [0.2, 0.25) is 0 Å². The second-order valence-electron chi connectivity index (χ2n) is 6.69. The Hall–Kier alpha value is -1.88. The molecule has 5 heteroatoms. The van der Waals surface area contributed by atoms with E-state index in [-0.39, 0.29) is 11.9 Å². The van der Waals surface area contributed by atoms with Gasteiger partial charge in [0.25, 0.3) is 0 Å². The maximum absolute atomic E-state index is 12.3. The zero-order valence-electron chi connectivity index (χ0n) is 14.1. The third kappa shape index (κ3) is 4.55. The fourth-order valence-corrected chi connectivity index (χ4v) is 3.18. The Morgan fingerprint density at radius 1 is 1.17 bits per heavy atom. The van der Waals surface area contributed by atoms with E-state index in [1.54, 1.807) is 24.3 Å². The Balaban J connectivity index is 1.90. The zero-order chi connectivity index (χ0) is 17.0. The van der Waals surface area contributed by atoms with E-state index in [0.29, 0.717) is 29.1 Å². The molecule has 1 fully saturated rings. The summed E-state index contributed by atoms with van der Waals surface area (Å²) in [4.78, 5) is 23.4. The van der Waals surface area contributed by atoms with E-state index >= 15 is 0 Å². The average molecular weight is 317 g/mol. The van der Waals surface area contributed by atoms with Crippen LogP contribution in [-0.4, -0.2) is 23.9 Å². The fraction of sp³-hybridized carbons (Fsp3) is 0.556. The van der Waals surface area contributed by atoms with E-state index in [9.17, 15) is 9.59 Å². The summed E-state index contributed by atoms with van der Waals surface area (Å²) < 4.78 is 0. The lowest BCUT2D eigenvalue weighted by Crippen LogP contribution is -2.49. The largest absolute Gasteiger partial charge is 0.366 e. The van der Waals surface area contributed by atoms with Gasteiger partial charge in [-0.3, -0.25) is 9.59 Å². The van der Waals surface area contributed by atoms with Crippen LogP contribution in [0.4, 0.5) is 5.69 Å². The first-order valence-corrected chi connectivity index (χ1v) is 8.35. The molecule has 5 nitrogen and oxygen atoms in total. The number of carbonyl (C=O) groups is 2. The van der Waals surface area contributed by atoms with Crippen molar-refractivity contribution in [2.45, 2.75) is 52.1 Å². The number of amides is 2. The van der Waals surface area contributed by atoms with E-state index in [1.807, 2.05) is 6.92 Å². The highest BCUT2D eigenvalue weighted by Gasteiger charge is 2.29. The minimum atomic E-state index is -0.474. The van der Waals surface area contributed by atoms with Crippen LogP contribution in [0, 0.1) is 11.8 Å². The number of anilines is 1. The summed E-state index contributed by atoms with van der Waals surface area (Å²) >= 11 is 0. The molecule has 2 rings (SSSR count). The van der Waals surface area contributed by atoms with Crippen LogP contribution in [0.25, 0.3) is 0 Å². The van der Waals surface area contributed by atoms with Gasteiger partial charge in [0.1, 0.15) is 0 Å². The molecule has 4 atom stereocenters. The fourth-order valence-electron chi connectivity index (χ4n) is 3.18. The number of rotatable bonds is 5. The molecule has 0 radical (unpaired) electrons. The van der Waals surface area contributed by atoms with Crippen molar-refractivity contribution >= 4 is 17.5 Å². The third-order valence-electron chi connectivity index (χ3n) is 5.00. The standard InChI is InChI=1S/C18H27N3O2/c1-11-5-4-6-16(12(11)2)20-13(3)18(23)21-15-9-7-14(8-10-15)17(19)22/h7-13,16,20H,4-6H2,1-3H3,(H2,19,22)(H,21,23). The van der Waals surface area contributed by atoms with Crippen molar-refractivity contribution in [1.29, 1.82) is 0 Å². The lowest BCUT2D eigenvalue weighted by Gasteiger charge is -2.36. The van der Waals surface area contributed by atoms with Crippen molar-refractivity contribution in [3.05, 3.63) is 29.8 Å². The van der Waals surface area contributed by atoms with Crippen molar-refractivity contribution < 1.29 is 9.59 Å². The molecule has 4 N–H and O–H groups in total. The van der Waals surface area contributed by atoms with Gasteiger partial charge in [0, 0.05) is 17.3 Å².